The van der Waals surface area contributed by atoms with E-state index in [1.165, 1.54) is 22.8 Å². The summed E-state index contributed by atoms with van der Waals surface area (Å²) in [4.78, 5) is 0. The van der Waals surface area contributed by atoms with E-state index in [1.54, 1.807) is 0 Å². The van der Waals surface area contributed by atoms with Crippen molar-refractivity contribution in [3.05, 3.63) is 22.6 Å². The molecule has 0 bridgehead atoms. The van der Waals surface area contributed by atoms with Gasteiger partial charge in [-0.2, -0.15) is 5.10 Å². The maximum Gasteiger partial charge on any atom is 0.135 e. The third-order valence-electron chi connectivity index (χ3n) is 3.28. The molecule has 0 radical (unpaired) electrons. The van der Waals surface area contributed by atoms with Gasteiger partial charge in [0, 0.05) is 23.8 Å². The van der Waals surface area contributed by atoms with Crippen LogP contribution < -0.4 is 5.32 Å². The lowest BCUT2D eigenvalue weighted by atomic mass is 10.1. The van der Waals surface area contributed by atoms with Crippen molar-refractivity contribution in [3.8, 4) is 0 Å². The quantitative estimate of drug-likeness (QED) is 0.883. The lowest BCUT2D eigenvalue weighted by Crippen LogP contribution is -2.08. The molecule has 0 amide bonds. The predicted octanol–water partition coefficient (Wildman–Crippen LogP) is 2.78. The molecule has 0 saturated carbocycles. The first-order chi connectivity index (χ1) is 9.17. The molecule has 0 saturated heterocycles. The van der Waals surface area contributed by atoms with Gasteiger partial charge in [0.05, 0.1) is 12.2 Å². The van der Waals surface area contributed by atoms with Crippen LogP contribution in [0.1, 0.15) is 42.9 Å². The Morgan fingerprint density at radius 2 is 2.05 bits per heavy atom. The SMILES string of the molecule is CCCNc1snnc1Cn1nc(C)c(CC)c1C. The van der Waals surface area contributed by atoms with Gasteiger partial charge < -0.3 is 5.32 Å². The van der Waals surface area contributed by atoms with Crippen molar-refractivity contribution < 1.29 is 0 Å². The molecule has 2 aromatic rings. The number of nitrogens with one attached hydrogen (secondary N) is 1. The lowest BCUT2D eigenvalue weighted by Gasteiger charge is -2.06. The summed E-state index contributed by atoms with van der Waals surface area (Å²) in [7, 11) is 0. The van der Waals surface area contributed by atoms with E-state index >= 15 is 0 Å². The molecule has 0 fully saturated rings. The summed E-state index contributed by atoms with van der Waals surface area (Å²) in [6, 6.07) is 0. The Hall–Kier alpha value is -1.43. The standard InChI is InChI=1S/C13H21N5S/c1-5-7-14-13-12(15-17-19-13)8-18-10(4)11(6-2)9(3)16-18/h14H,5-8H2,1-4H3. The van der Waals surface area contributed by atoms with E-state index in [4.69, 9.17) is 0 Å². The Morgan fingerprint density at radius 1 is 1.26 bits per heavy atom. The molecular weight excluding hydrogens is 258 g/mol. The highest BCUT2D eigenvalue weighted by molar-refractivity contribution is 7.10. The average Bonchev–Trinajstić information content (AvgIpc) is 2.93. The van der Waals surface area contributed by atoms with Crippen molar-refractivity contribution >= 4 is 16.5 Å². The topological polar surface area (TPSA) is 55.6 Å². The van der Waals surface area contributed by atoms with Crippen LogP contribution in [0.3, 0.4) is 0 Å². The Kier molecular flexibility index (Phi) is 4.52. The van der Waals surface area contributed by atoms with Gasteiger partial charge >= 0.3 is 0 Å². The summed E-state index contributed by atoms with van der Waals surface area (Å²) in [6.45, 7) is 10.1. The van der Waals surface area contributed by atoms with Crippen molar-refractivity contribution in [2.24, 2.45) is 0 Å². The van der Waals surface area contributed by atoms with Gasteiger partial charge in [-0.3, -0.25) is 4.68 Å². The second-order valence-electron chi connectivity index (χ2n) is 4.64. The van der Waals surface area contributed by atoms with E-state index in [2.05, 4.69) is 47.7 Å². The molecular formula is C13H21N5S. The molecule has 0 aliphatic heterocycles. The maximum atomic E-state index is 4.60. The molecule has 2 aromatic heterocycles. The minimum absolute atomic E-state index is 0.690. The highest BCUT2D eigenvalue weighted by Crippen LogP contribution is 2.21. The second-order valence-corrected chi connectivity index (χ2v) is 5.39. The van der Waals surface area contributed by atoms with E-state index in [0.29, 0.717) is 6.54 Å². The van der Waals surface area contributed by atoms with Crippen LogP contribution in [0, 0.1) is 13.8 Å². The van der Waals surface area contributed by atoms with Gasteiger partial charge in [-0.05, 0) is 32.3 Å². The first-order valence-corrected chi connectivity index (χ1v) is 7.52. The molecule has 0 unspecified atom stereocenters. The largest absolute Gasteiger partial charge is 0.374 e. The number of aromatic nitrogens is 4. The molecule has 0 atom stereocenters. The monoisotopic (exact) mass is 279 g/mol. The first-order valence-electron chi connectivity index (χ1n) is 6.75. The van der Waals surface area contributed by atoms with Crippen molar-refractivity contribution in [3.63, 3.8) is 0 Å². The summed E-state index contributed by atoms with van der Waals surface area (Å²) >= 11 is 1.42. The van der Waals surface area contributed by atoms with Gasteiger partial charge in [-0.1, -0.05) is 18.3 Å². The smallest absolute Gasteiger partial charge is 0.135 e. The fourth-order valence-corrected chi connectivity index (χ4v) is 2.82. The van der Waals surface area contributed by atoms with Crippen molar-refractivity contribution in [1.82, 2.24) is 19.4 Å². The van der Waals surface area contributed by atoms with Crippen LogP contribution in [0.15, 0.2) is 0 Å². The molecule has 1 N–H and O–H groups in total. The number of anilines is 1. The van der Waals surface area contributed by atoms with Crippen LogP contribution in [0.4, 0.5) is 5.00 Å². The highest BCUT2D eigenvalue weighted by atomic mass is 32.1. The minimum atomic E-state index is 0.690. The van der Waals surface area contributed by atoms with Crippen LogP contribution in [0.5, 0.6) is 0 Å². The lowest BCUT2D eigenvalue weighted by molar-refractivity contribution is 0.645. The van der Waals surface area contributed by atoms with E-state index in [0.717, 1.165) is 35.8 Å². The molecule has 0 aliphatic carbocycles. The third-order valence-corrected chi connectivity index (χ3v) is 4.00. The zero-order valence-electron chi connectivity index (χ0n) is 12.0. The molecule has 6 heteroatoms. The summed E-state index contributed by atoms with van der Waals surface area (Å²) in [5.41, 5.74) is 4.67. The third kappa shape index (κ3) is 2.94. The minimum Gasteiger partial charge on any atom is -0.374 e. The van der Waals surface area contributed by atoms with Gasteiger partial charge in [-0.25, -0.2) is 0 Å². The molecule has 5 nitrogen and oxygen atoms in total. The van der Waals surface area contributed by atoms with Crippen LogP contribution in [-0.2, 0) is 13.0 Å². The Labute approximate surface area is 118 Å². The van der Waals surface area contributed by atoms with Crippen LogP contribution in [0.25, 0.3) is 0 Å². The van der Waals surface area contributed by atoms with E-state index in [-0.39, 0.29) is 0 Å². The normalized spacial score (nSPS) is 10.9. The van der Waals surface area contributed by atoms with Crippen molar-refractivity contribution in [2.45, 2.75) is 47.1 Å². The van der Waals surface area contributed by atoms with Crippen LogP contribution in [0.2, 0.25) is 0 Å². The van der Waals surface area contributed by atoms with Gasteiger partial charge in [0.15, 0.2) is 0 Å². The predicted molar refractivity (Wildman–Crippen MR) is 78.9 cm³/mol. The van der Waals surface area contributed by atoms with E-state index < -0.39 is 0 Å². The van der Waals surface area contributed by atoms with Gasteiger partial charge in [0.25, 0.3) is 0 Å². The second kappa shape index (κ2) is 6.14. The number of rotatable bonds is 6. The summed E-state index contributed by atoms with van der Waals surface area (Å²) in [5, 5.41) is 13.3. The Bertz CT molecular complexity index is 543. The number of nitrogens with zero attached hydrogens (tertiary/aromatic N) is 4. The van der Waals surface area contributed by atoms with Crippen LogP contribution in [-0.4, -0.2) is 25.9 Å². The van der Waals surface area contributed by atoms with Gasteiger partial charge in [-0.15, -0.1) is 5.10 Å². The van der Waals surface area contributed by atoms with E-state index in [9.17, 15) is 0 Å². The molecule has 0 aliphatic rings. The molecule has 104 valence electrons. The summed E-state index contributed by atoms with van der Waals surface area (Å²) < 4.78 is 6.07. The van der Waals surface area contributed by atoms with Crippen molar-refractivity contribution in [2.75, 3.05) is 11.9 Å². The molecule has 2 heterocycles. The molecule has 0 spiro atoms. The summed E-state index contributed by atoms with van der Waals surface area (Å²) in [6.07, 6.45) is 2.12. The zero-order chi connectivity index (χ0) is 13.8. The number of hydrogen-bond donors (Lipinski definition) is 1. The Balaban J connectivity index is 2.19. The molecule has 19 heavy (non-hydrogen) atoms. The number of aryl methyl sites for hydroxylation is 1. The first kappa shape index (κ1) is 14.0. The Morgan fingerprint density at radius 3 is 2.68 bits per heavy atom. The number of hydrogen-bond acceptors (Lipinski definition) is 5. The van der Waals surface area contributed by atoms with Crippen LogP contribution >= 0.6 is 11.5 Å². The maximum absolute atomic E-state index is 4.60. The summed E-state index contributed by atoms with van der Waals surface area (Å²) in [5.74, 6) is 0. The van der Waals surface area contributed by atoms with Gasteiger partial charge in [0.1, 0.15) is 10.7 Å². The fourth-order valence-electron chi connectivity index (χ4n) is 2.23. The van der Waals surface area contributed by atoms with Crippen molar-refractivity contribution in [1.29, 1.82) is 0 Å². The fraction of sp³-hybridized carbons (Fsp3) is 0.615. The average molecular weight is 279 g/mol. The zero-order valence-corrected chi connectivity index (χ0v) is 12.8. The molecule has 0 aromatic carbocycles. The highest BCUT2D eigenvalue weighted by Gasteiger charge is 2.13. The van der Waals surface area contributed by atoms with Gasteiger partial charge in [0.2, 0.25) is 0 Å². The van der Waals surface area contributed by atoms with E-state index in [1.807, 2.05) is 4.68 Å². The molecule has 2 rings (SSSR count).